The molecular formula is C9H11BrFNO. The van der Waals surface area contributed by atoms with E-state index < -0.39 is 0 Å². The Bertz CT molecular complexity index is 304. The number of benzene rings is 1. The molecule has 0 atom stereocenters. The van der Waals surface area contributed by atoms with Crippen molar-refractivity contribution in [1.82, 2.24) is 0 Å². The Balaban J connectivity index is 2.96. The highest BCUT2D eigenvalue weighted by Crippen LogP contribution is 2.29. The molecule has 0 bridgehead atoms. The molecule has 1 aromatic carbocycles. The van der Waals surface area contributed by atoms with Crippen LogP contribution in [0, 0.1) is 5.82 Å². The zero-order chi connectivity index (χ0) is 9.84. The van der Waals surface area contributed by atoms with Crippen molar-refractivity contribution in [2.45, 2.75) is 12.8 Å². The summed E-state index contributed by atoms with van der Waals surface area (Å²) >= 11 is 3.09. The van der Waals surface area contributed by atoms with Crippen LogP contribution in [0.5, 0.6) is 5.75 Å². The molecule has 0 spiro atoms. The standard InChI is InChI=1S/C9H11BrFNO/c10-9-6(2-1-5-12)8(13)4-3-7(9)11/h3-4,13H,1-2,5,12H2. The molecule has 13 heavy (non-hydrogen) atoms. The van der Waals surface area contributed by atoms with Crippen molar-refractivity contribution >= 4 is 15.9 Å². The van der Waals surface area contributed by atoms with Gasteiger partial charge in [-0.25, -0.2) is 4.39 Å². The molecule has 1 aromatic rings. The number of rotatable bonds is 3. The minimum absolute atomic E-state index is 0.113. The van der Waals surface area contributed by atoms with E-state index in [1.54, 1.807) is 0 Å². The number of halogens is 2. The van der Waals surface area contributed by atoms with Gasteiger partial charge in [-0.1, -0.05) is 0 Å². The van der Waals surface area contributed by atoms with E-state index in [2.05, 4.69) is 15.9 Å². The van der Waals surface area contributed by atoms with Crippen LogP contribution in [0.4, 0.5) is 4.39 Å². The van der Waals surface area contributed by atoms with Crippen LogP contribution in [0.3, 0.4) is 0 Å². The number of aromatic hydroxyl groups is 1. The van der Waals surface area contributed by atoms with Gasteiger partial charge in [0.05, 0.1) is 4.47 Å². The molecule has 1 rings (SSSR count). The van der Waals surface area contributed by atoms with Gasteiger partial charge >= 0.3 is 0 Å². The molecule has 0 aliphatic rings. The monoisotopic (exact) mass is 247 g/mol. The zero-order valence-corrected chi connectivity index (χ0v) is 8.64. The summed E-state index contributed by atoms with van der Waals surface area (Å²) in [6.07, 6.45) is 1.32. The van der Waals surface area contributed by atoms with E-state index in [4.69, 9.17) is 5.73 Å². The van der Waals surface area contributed by atoms with Gasteiger partial charge in [0.15, 0.2) is 0 Å². The summed E-state index contributed by atoms with van der Waals surface area (Å²) in [5.74, 6) is -0.244. The first-order valence-corrected chi connectivity index (χ1v) is 4.82. The summed E-state index contributed by atoms with van der Waals surface area (Å²) in [5, 5.41) is 9.40. The van der Waals surface area contributed by atoms with Crippen LogP contribution < -0.4 is 5.73 Å². The van der Waals surface area contributed by atoms with Crippen LogP contribution in [-0.2, 0) is 6.42 Å². The highest BCUT2D eigenvalue weighted by molar-refractivity contribution is 9.10. The van der Waals surface area contributed by atoms with Crippen molar-refractivity contribution < 1.29 is 9.50 Å². The van der Waals surface area contributed by atoms with Gasteiger partial charge in [-0.15, -0.1) is 0 Å². The Kier molecular flexibility index (Phi) is 3.69. The van der Waals surface area contributed by atoms with Crippen LogP contribution in [0.15, 0.2) is 16.6 Å². The van der Waals surface area contributed by atoms with E-state index in [0.717, 1.165) is 6.42 Å². The third-order valence-electron chi connectivity index (χ3n) is 1.80. The minimum atomic E-state index is -0.357. The predicted octanol–water partition coefficient (Wildman–Crippen LogP) is 2.19. The van der Waals surface area contributed by atoms with Gasteiger partial charge in [-0.05, 0) is 47.4 Å². The fourth-order valence-electron chi connectivity index (χ4n) is 1.10. The van der Waals surface area contributed by atoms with Gasteiger partial charge < -0.3 is 10.8 Å². The van der Waals surface area contributed by atoms with Gasteiger partial charge in [0, 0.05) is 5.56 Å². The van der Waals surface area contributed by atoms with Gasteiger partial charge in [-0.3, -0.25) is 0 Å². The Hall–Kier alpha value is -0.610. The molecule has 0 amide bonds. The lowest BCUT2D eigenvalue weighted by molar-refractivity contribution is 0.463. The van der Waals surface area contributed by atoms with Crippen LogP contribution in [0.2, 0.25) is 0 Å². The summed E-state index contributed by atoms with van der Waals surface area (Å²) in [7, 11) is 0. The van der Waals surface area contributed by atoms with Crippen molar-refractivity contribution in [3.8, 4) is 5.75 Å². The summed E-state index contributed by atoms with van der Waals surface area (Å²) in [4.78, 5) is 0. The molecule has 3 N–H and O–H groups in total. The number of phenols is 1. The smallest absolute Gasteiger partial charge is 0.137 e. The maximum atomic E-state index is 13.0. The van der Waals surface area contributed by atoms with E-state index in [9.17, 15) is 9.50 Å². The maximum Gasteiger partial charge on any atom is 0.137 e. The van der Waals surface area contributed by atoms with Crippen molar-refractivity contribution in [3.05, 3.63) is 28.0 Å². The molecule has 4 heteroatoms. The lowest BCUT2D eigenvalue weighted by Gasteiger charge is -2.06. The summed E-state index contributed by atoms with van der Waals surface area (Å²) in [5.41, 5.74) is 5.91. The first kappa shape index (κ1) is 10.5. The van der Waals surface area contributed by atoms with Crippen molar-refractivity contribution in [3.63, 3.8) is 0 Å². The number of phenolic OH excluding ortho intramolecular Hbond substituents is 1. The van der Waals surface area contributed by atoms with Crippen molar-refractivity contribution in [1.29, 1.82) is 0 Å². The molecule has 0 heterocycles. The van der Waals surface area contributed by atoms with E-state index in [-0.39, 0.29) is 11.6 Å². The number of hydrogen-bond acceptors (Lipinski definition) is 2. The van der Waals surface area contributed by atoms with Gasteiger partial charge in [0.25, 0.3) is 0 Å². The molecule has 0 aromatic heterocycles. The highest BCUT2D eigenvalue weighted by atomic mass is 79.9. The topological polar surface area (TPSA) is 46.2 Å². The molecule has 2 nitrogen and oxygen atoms in total. The third kappa shape index (κ3) is 2.42. The fraction of sp³-hybridized carbons (Fsp3) is 0.333. The Morgan fingerprint density at radius 1 is 1.46 bits per heavy atom. The largest absolute Gasteiger partial charge is 0.508 e. The second-order valence-electron chi connectivity index (χ2n) is 2.75. The number of hydrogen-bond donors (Lipinski definition) is 2. The average Bonchev–Trinajstić information content (AvgIpc) is 2.12. The van der Waals surface area contributed by atoms with Gasteiger partial charge in [-0.2, -0.15) is 0 Å². The molecule has 0 saturated heterocycles. The Morgan fingerprint density at radius 2 is 2.15 bits per heavy atom. The second kappa shape index (κ2) is 4.58. The van der Waals surface area contributed by atoms with Crippen LogP contribution >= 0.6 is 15.9 Å². The summed E-state index contributed by atoms with van der Waals surface area (Å²) in [6, 6.07) is 2.58. The molecule has 72 valence electrons. The molecular weight excluding hydrogens is 237 g/mol. The fourth-order valence-corrected chi connectivity index (χ4v) is 1.63. The molecule has 0 unspecified atom stereocenters. The lowest BCUT2D eigenvalue weighted by atomic mass is 10.1. The predicted molar refractivity (Wildman–Crippen MR) is 53.1 cm³/mol. The molecule has 0 aliphatic heterocycles. The minimum Gasteiger partial charge on any atom is -0.508 e. The van der Waals surface area contributed by atoms with Crippen molar-refractivity contribution in [2.24, 2.45) is 5.73 Å². The zero-order valence-electron chi connectivity index (χ0n) is 7.06. The lowest BCUT2D eigenvalue weighted by Crippen LogP contribution is -2.01. The first-order chi connectivity index (χ1) is 6.16. The third-order valence-corrected chi connectivity index (χ3v) is 2.66. The van der Waals surface area contributed by atoms with Gasteiger partial charge in [0.2, 0.25) is 0 Å². The van der Waals surface area contributed by atoms with E-state index in [1.165, 1.54) is 12.1 Å². The SMILES string of the molecule is NCCCc1c(O)ccc(F)c1Br. The summed E-state index contributed by atoms with van der Waals surface area (Å²) < 4.78 is 13.3. The van der Waals surface area contributed by atoms with Gasteiger partial charge in [0.1, 0.15) is 11.6 Å². The van der Waals surface area contributed by atoms with Crippen molar-refractivity contribution in [2.75, 3.05) is 6.54 Å². The normalized spacial score (nSPS) is 10.4. The Morgan fingerprint density at radius 3 is 2.77 bits per heavy atom. The van der Waals surface area contributed by atoms with Crippen LogP contribution in [-0.4, -0.2) is 11.7 Å². The Labute approximate surface area is 84.7 Å². The van der Waals surface area contributed by atoms with Crippen LogP contribution in [0.25, 0.3) is 0 Å². The first-order valence-electron chi connectivity index (χ1n) is 4.02. The van der Waals surface area contributed by atoms with E-state index in [1.807, 2.05) is 0 Å². The summed E-state index contributed by atoms with van der Waals surface area (Å²) in [6.45, 7) is 0.530. The molecule has 0 fully saturated rings. The second-order valence-corrected chi connectivity index (χ2v) is 3.54. The molecule has 0 aliphatic carbocycles. The average molecular weight is 248 g/mol. The number of nitrogens with two attached hydrogens (primary N) is 1. The maximum absolute atomic E-state index is 13.0. The molecule has 0 saturated carbocycles. The quantitative estimate of drug-likeness (QED) is 0.861. The highest BCUT2D eigenvalue weighted by Gasteiger charge is 2.09. The molecule has 0 radical (unpaired) electrons. The van der Waals surface area contributed by atoms with E-state index in [0.29, 0.717) is 23.0 Å². The van der Waals surface area contributed by atoms with Crippen LogP contribution in [0.1, 0.15) is 12.0 Å². The van der Waals surface area contributed by atoms with E-state index >= 15 is 0 Å².